The predicted molar refractivity (Wildman–Crippen MR) is 79.3 cm³/mol. The molecule has 2 aliphatic heterocycles. The monoisotopic (exact) mass is 305 g/mol. The van der Waals surface area contributed by atoms with Gasteiger partial charge in [0.15, 0.2) is 0 Å². The summed E-state index contributed by atoms with van der Waals surface area (Å²) in [6, 6.07) is 0. The molecule has 1 amide bonds. The van der Waals surface area contributed by atoms with E-state index < -0.39 is 0 Å². The Morgan fingerprint density at radius 2 is 1.95 bits per heavy atom. The number of hydrogen-bond acceptors (Lipinski definition) is 5. The Morgan fingerprint density at radius 3 is 2.73 bits per heavy atom. The zero-order valence-corrected chi connectivity index (χ0v) is 12.9. The van der Waals surface area contributed by atoms with Crippen molar-refractivity contribution in [1.29, 1.82) is 0 Å². The molecule has 1 saturated heterocycles. The minimum atomic E-state index is 0.244. The predicted octanol–water partition coefficient (Wildman–Crippen LogP) is 0.220. The molecule has 0 bridgehead atoms. The number of amides is 1. The van der Waals surface area contributed by atoms with Crippen LogP contribution in [-0.4, -0.2) is 69.9 Å². The Morgan fingerprint density at radius 1 is 1.14 bits per heavy atom. The van der Waals surface area contributed by atoms with E-state index in [0.717, 1.165) is 45.1 Å². The smallest absolute Gasteiger partial charge is 0.224 e. The topological polar surface area (TPSA) is 63.5 Å². The number of nitrogens with zero attached hydrogens (tertiary/aromatic N) is 5. The summed E-state index contributed by atoms with van der Waals surface area (Å²) in [7, 11) is 0. The maximum absolute atomic E-state index is 12.2. The summed E-state index contributed by atoms with van der Waals surface area (Å²) in [6.45, 7) is 6.37. The van der Waals surface area contributed by atoms with Crippen LogP contribution >= 0.6 is 0 Å². The molecule has 1 aromatic rings. The lowest BCUT2D eigenvalue weighted by Crippen LogP contribution is -2.42. The van der Waals surface area contributed by atoms with E-state index in [1.165, 1.54) is 18.7 Å². The van der Waals surface area contributed by atoms with Gasteiger partial charge in [-0.1, -0.05) is 0 Å². The molecule has 0 atom stereocenters. The van der Waals surface area contributed by atoms with Gasteiger partial charge in [-0.2, -0.15) is 0 Å². The van der Waals surface area contributed by atoms with Crippen LogP contribution < -0.4 is 0 Å². The van der Waals surface area contributed by atoms with Crippen LogP contribution in [0.1, 0.15) is 36.8 Å². The first kappa shape index (κ1) is 14.1. The summed E-state index contributed by atoms with van der Waals surface area (Å²) < 4.78 is 7.58. The molecule has 3 heterocycles. The number of fused-ring (bicyclic) bond motifs is 1. The lowest BCUT2D eigenvalue weighted by molar-refractivity contribution is -0.135. The molecule has 0 N–H and O–H groups in total. The molecule has 0 spiro atoms. The highest BCUT2D eigenvalue weighted by molar-refractivity contribution is 5.76. The fourth-order valence-electron chi connectivity index (χ4n) is 3.29. The molecule has 22 heavy (non-hydrogen) atoms. The fraction of sp³-hybridized carbons (Fsp3) is 0.800. The molecule has 1 aliphatic carbocycles. The van der Waals surface area contributed by atoms with Crippen molar-refractivity contribution in [2.75, 3.05) is 39.4 Å². The van der Waals surface area contributed by atoms with Gasteiger partial charge in [0.05, 0.1) is 19.8 Å². The number of hydrogen-bond donors (Lipinski definition) is 0. The Kier molecular flexibility index (Phi) is 3.83. The van der Waals surface area contributed by atoms with Crippen molar-refractivity contribution in [2.24, 2.45) is 0 Å². The second-order valence-electron chi connectivity index (χ2n) is 6.42. The van der Waals surface area contributed by atoms with E-state index >= 15 is 0 Å². The van der Waals surface area contributed by atoms with Gasteiger partial charge < -0.3 is 14.2 Å². The van der Waals surface area contributed by atoms with E-state index in [4.69, 9.17) is 4.74 Å². The lowest BCUT2D eigenvalue weighted by Gasteiger charge is -2.30. The first-order valence-electron chi connectivity index (χ1n) is 8.31. The molecule has 7 nitrogen and oxygen atoms in total. The summed E-state index contributed by atoms with van der Waals surface area (Å²) in [5, 5.41) is 8.70. The van der Waals surface area contributed by atoms with Crippen LogP contribution in [0.5, 0.6) is 0 Å². The second-order valence-corrected chi connectivity index (χ2v) is 6.42. The molecule has 2 fully saturated rings. The van der Waals surface area contributed by atoms with Gasteiger partial charge in [-0.3, -0.25) is 9.69 Å². The van der Waals surface area contributed by atoms with Crippen LogP contribution in [0, 0.1) is 0 Å². The zero-order valence-electron chi connectivity index (χ0n) is 12.9. The summed E-state index contributed by atoms with van der Waals surface area (Å²) >= 11 is 0. The van der Waals surface area contributed by atoms with E-state index in [1.807, 2.05) is 4.90 Å². The van der Waals surface area contributed by atoms with Crippen molar-refractivity contribution in [3.63, 3.8) is 0 Å². The van der Waals surface area contributed by atoms with Crippen LogP contribution in [0.4, 0.5) is 0 Å². The van der Waals surface area contributed by atoms with Crippen LogP contribution in [0.3, 0.4) is 0 Å². The standard InChI is InChI=1S/C15H23N5O2/c21-14(19-7-9-22-10-8-19)3-4-18-5-6-20-13(11-18)16-17-15(20)12-1-2-12/h12H,1-11H2. The highest BCUT2D eigenvalue weighted by Crippen LogP contribution is 2.39. The third kappa shape index (κ3) is 2.87. The molecule has 1 aromatic heterocycles. The zero-order chi connectivity index (χ0) is 14.9. The van der Waals surface area contributed by atoms with Crippen molar-refractivity contribution in [3.8, 4) is 0 Å². The van der Waals surface area contributed by atoms with Crippen LogP contribution in [0.15, 0.2) is 0 Å². The average molecular weight is 305 g/mol. The first-order valence-corrected chi connectivity index (χ1v) is 8.31. The van der Waals surface area contributed by atoms with Crippen LogP contribution in [0.2, 0.25) is 0 Å². The van der Waals surface area contributed by atoms with Gasteiger partial charge in [0.2, 0.25) is 5.91 Å². The van der Waals surface area contributed by atoms with Gasteiger partial charge in [-0.15, -0.1) is 10.2 Å². The number of carbonyl (C=O) groups is 1. The van der Waals surface area contributed by atoms with Crippen LogP contribution in [-0.2, 0) is 22.6 Å². The molecule has 120 valence electrons. The van der Waals surface area contributed by atoms with Crippen molar-refractivity contribution < 1.29 is 9.53 Å². The minimum Gasteiger partial charge on any atom is -0.378 e. The molecule has 4 rings (SSSR count). The average Bonchev–Trinajstić information content (AvgIpc) is 3.33. The molecule has 0 aromatic carbocycles. The summed E-state index contributed by atoms with van der Waals surface area (Å²) in [5.74, 6) is 3.13. The fourth-order valence-corrected chi connectivity index (χ4v) is 3.29. The highest BCUT2D eigenvalue weighted by atomic mass is 16.5. The van der Waals surface area contributed by atoms with Gasteiger partial charge in [-0.05, 0) is 12.8 Å². The van der Waals surface area contributed by atoms with E-state index in [-0.39, 0.29) is 5.91 Å². The van der Waals surface area contributed by atoms with Crippen molar-refractivity contribution >= 4 is 5.91 Å². The van der Waals surface area contributed by atoms with Gasteiger partial charge in [0.25, 0.3) is 0 Å². The quantitative estimate of drug-likeness (QED) is 0.796. The largest absolute Gasteiger partial charge is 0.378 e. The number of ether oxygens (including phenoxy) is 1. The van der Waals surface area contributed by atoms with Crippen molar-refractivity contribution in [1.82, 2.24) is 24.6 Å². The van der Waals surface area contributed by atoms with Crippen molar-refractivity contribution in [2.45, 2.75) is 38.3 Å². The van der Waals surface area contributed by atoms with Gasteiger partial charge >= 0.3 is 0 Å². The number of morpholine rings is 1. The normalized spacial score (nSPS) is 22.6. The number of rotatable bonds is 4. The highest BCUT2D eigenvalue weighted by Gasteiger charge is 2.32. The number of carbonyl (C=O) groups excluding carboxylic acids is 1. The van der Waals surface area contributed by atoms with Gasteiger partial charge in [0, 0.05) is 45.1 Å². The maximum Gasteiger partial charge on any atom is 0.224 e. The third-order valence-corrected chi connectivity index (χ3v) is 4.81. The van der Waals surface area contributed by atoms with Gasteiger partial charge in [0.1, 0.15) is 11.6 Å². The Hall–Kier alpha value is -1.47. The van der Waals surface area contributed by atoms with E-state index in [9.17, 15) is 4.79 Å². The lowest BCUT2D eigenvalue weighted by atomic mass is 10.2. The third-order valence-electron chi connectivity index (χ3n) is 4.81. The molecule has 1 saturated carbocycles. The van der Waals surface area contributed by atoms with E-state index in [2.05, 4.69) is 19.7 Å². The molecular weight excluding hydrogens is 282 g/mol. The molecular formula is C15H23N5O2. The summed E-state index contributed by atoms with van der Waals surface area (Å²) in [4.78, 5) is 16.4. The Labute approximate surface area is 130 Å². The van der Waals surface area contributed by atoms with E-state index in [1.54, 1.807) is 0 Å². The Balaban J connectivity index is 1.30. The molecule has 7 heteroatoms. The number of aromatic nitrogens is 3. The minimum absolute atomic E-state index is 0.244. The first-order chi connectivity index (χ1) is 10.8. The van der Waals surface area contributed by atoms with E-state index in [0.29, 0.717) is 25.6 Å². The second kappa shape index (κ2) is 5.96. The Bertz CT molecular complexity index is 548. The van der Waals surface area contributed by atoms with Crippen molar-refractivity contribution in [3.05, 3.63) is 11.6 Å². The molecule has 0 unspecified atom stereocenters. The summed E-state index contributed by atoms with van der Waals surface area (Å²) in [5.41, 5.74) is 0. The summed E-state index contributed by atoms with van der Waals surface area (Å²) in [6.07, 6.45) is 3.11. The molecule has 3 aliphatic rings. The maximum atomic E-state index is 12.2. The van der Waals surface area contributed by atoms with Crippen LogP contribution in [0.25, 0.3) is 0 Å². The molecule has 0 radical (unpaired) electrons. The SMILES string of the molecule is O=C(CCN1CCn2c(nnc2C2CC2)C1)N1CCOCC1. The van der Waals surface area contributed by atoms with Gasteiger partial charge in [-0.25, -0.2) is 0 Å².